The number of aryl methyl sites for hydroxylation is 1. The third-order valence-corrected chi connectivity index (χ3v) is 4.13. The van der Waals surface area contributed by atoms with Crippen molar-refractivity contribution < 1.29 is 4.79 Å². The Bertz CT molecular complexity index is 493. The summed E-state index contributed by atoms with van der Waals surface area (Å²) >= 11 is 3.10. The molecule has 1 atom stereocenters. The lowest BCUT2D eigenvalue weighted by Gasteiger charge is -2.11. The van der Waals surface area contributed by atoms with Gasteiger partial charge in [-0.15, -0.1) is 22.7 Å². The summed E-state index contributed by atoms with van der Waals surface area (Å²) in [5.74, 6) is -0.393. The van der Waals surface area contributed by atoms with Gasteiger partial charge in [0.15, 0.2) is 0 Å². The fourth-order valence-corrected chi connectivity index (χ4v) is 2.96. The third-order valence-electron chi connectivity index (χ3n) is 2.23. The summed E-state index contributed by atoms with van der Waals surface area (Å²) in [6.07, 6.45) is 0. The Balaban J connectivity index is 2.05. The van der Waals surface area contributed by atoms with Crippen LogP contribution in [0.4, 0.5) is 0 Å². The lowest BCUT2D eigenvalue weighted by Crippen LogP contribution is -2.33. The van der Waals surface area contributed by atoms with Crippen LogP contribution in [-0.4, -0.2) is 10.9 Å². The molecule has 0 aromatic carbocycles. The number of carbonyl (C=O) groups is 1. The Hall–Kier alpha value is -1.24. The van der Waals surface area contributed by atoms with Gasteiger partial charge in [0.25, 0.3) is 0 Å². The first kappa shape index (κ1) is 12.2. The molecule has 0 aliphatic rings. The minimum Gasteiger partial charge on any atom is -0.368 e. The Morgan fingerprint density at radius 3 is 2.94 bits per heavy atom. The standard InChI is InChI=1S/C11H13N3OS2/c1-7-6-17-11(14-7)9(10(12)15)13-5-8-3-2-4-16-8/h2-4,6,9,13H,5H2,1H3,(H2,12,15). The number of thiazole rings is 1. The summed E-state index contributed by atoms with van der Waals surface area (Å²) in [6, 6.07) is 3.49. The van der Waals surface area contributed by atoms with Crippen molar-refractivity contribution in [3.63, 3.8) is 0 Å². The van der Waals surface area contributed by atoms with Crippen molar-refractivity contribution in [1.82, 2.24) is 10.3 Å². The van der Waals surface area contributed by atoms with E-state index in [0.29, 0.717) is 6.54 Å². The lowest BCUT2D eigenvalue weighted by atomic mass is 10.3. The summed E-state index contributed by atoms with van der Waals surface area (Å²) in [7, 11) is 0. The average molecular weight is 267 g/mol. The van der Waals surface area contributed by atoms with Gasteiger partial charge >= 0.3 is 0 Å². The molecule has 17 heavy (non-hydrogen) atoms. The highest BCUT2D eigenvalue weighted by atomic mass is 32.1. The summed E-state index contributed by atoms with van der Waals surface area (Å²) in [6.45, 7) is 2.53. The predicted octanol–water partition coefficient (Wildman–Crippen LogP) is 1.83. The summed E-state index contributed by atoms with van der Waals surface area (Å²) in [4.78, 5) is 16.9. The second kappa shape index (κ2) is 5.39. The van der Waals surface area contributed by atoms with Crippen LogP contribution in [0.15, 0.2) is 22.9 Å². The minimum atomic E-state index is -0.504. The van der Waals surface area contributed by atoms with Gasteiger partial charge in [-0.2, -0.15) is 0 Å². The molecule has 3 N–H and O–H groups in total. The number of aromatic nitrogens is 1. The molecule has 0 saturated heterocycles. The van der Waals surface area contributed by atoms with Crippen LogP contribution >= 0.6 is 22.7 Å². The van der Waals surface area contributed by atoms with Gasteiger partial charge < -0.3 is 5.73 Å². The van der Waals surface area contributed by atoms with E-state index in [9.17, 15) is 4.79 Å². The van der Waals surface area contributed by atoms with Crippen molar-refractivity contribution in [3.8, 4) is 0 Å². The number of rotatable bonds is 5. The first-order valence-corrected chi connectivity index (χ1v) is 6.90. The zero-order chi connectivity index (χ0) is 12.3. The second-order valence-corrected chi connectivity index (χ2v) is 5.54. The van der Waals surface area contributed by atoms with E-state index in [-0.39, 0.29) is 0 Å². The average Bonchev–Trinajstić information content (AvgIpc) is 2.90. The molecule has 0 spiro atoms. The van der Waals surface area contributed by atoms with Crippen LogP contribution in [0.5, 0.6) is 0 Å². The van der Waals surface area contributed by atoms with Gasteiger partial charge in [0, 0.05) is 22.5 Å². The molecule has 0 aliphatic heterocycles. The first-order chi connectivity index (χ1) is 8.16. The van der Waals surface area contributed by atoms with Crippen molar-refractivity contribution in [1.29, 1.82) is 0 Å². The number of hydrogen-bond donors (Lipinski definition) is 2. The summed E-state index contributed by atoms with van der Waals surface area (Å²) < 4.78 is 0. The maximum Gasteiger partial charge on any atom is 0.241 e. The van der Waals surface area contributed by atoms with Crippen molar-refractivity contribution in [3.05, 3.63) is 38.5 Å². The number of primary amides is 1. The molecule has 0 bridgehead atoms. The molecule has 0 saturated carbocycles. The molecule has 2 aromatic rings. The highest BCUT2D eigenvalue weighted by Gasteiger charge is 2.20. The van der Waals surface area contributed by atoms with E-state index >= 15 is 0 Å². The molecule has 1 unspecified atom stereocenters. The van der Waals surface area contributed by atoms with E-state index in [1.165, 1.54) is 16.2 Å². The Labute approximate surface area is 107 Å². The molecule has 90 valence electrons. The highest BCUT2D eigenvalue weighted by molar-refractivity contribution is 7.10. The third kappa shape index (κ3) is 3.12. The Morgan fingerprint density at radius 1 is 1.59 bits per heavy atom. The molecule has 2 rings (SSSR count). The van der Waals surface area contributed by atoms with Crippen molar-refractivity contribution in [2.24, 2.45) is 5.73 Å². The van der Waals surface area contributed by atoms with Gasteiger partial charge in [0.2, 0.25) is 5.91 Å². The largest absolute Gasteiger partial charge is 0.368 e. The molecule has 6 heteroatoms. The number of amides is 1. The maximum atomic E-state index is 11.4. The summed E-state index contributed by atoms with van der Waals surface area (Å²) in [5.41, 5.74) is 6.30. The van der Waals surface area contributed by atoms with Gasteiger partial charge in [-0.1, -0.05) is 6.07 Å². The number of nitrogens with two attached hydrogens (primary N) is 1. The normalized spacial score (nSPS) is 12.5. The quantitative estimate of drug-likeness (QED) is 0.868. The van der Waals surface area contributed by atoms with E-state index in [1.54, 1.807) is 11.3 Å². The van der Waals surface area contributed by atoms with Gasteiger partial charge in [-0.3, -0.25) is 10.1 Å². The number of carbonyl (C=O) groups excluding carboxylic acids is 1. The zero-order valence-corrected chi connectivity index (χ0v) is 11.0. The first-order valence-electron chi connectivity index (χ1n) is 5.14. The van der Waals surface area contributed by atoms with Crippen LogP contribution in [0.3, 0.4) is 0 Å². The van der Waals surface area contributed by atoms with Crippen molar-refractivity contribution in [2.75, 3.05) is 0 Å². The smallest absolute Gasteiger partial charge is 0.241 e. The monoisotopic (exact) mass is 267 g/mol. The second-order valence-electron chi connectivity index (χ2n) is 3.62. The van der Waals surface area contributed by atoms with E-state index in [4.69, 9.17) is 5.73 Å². The molecule has 0 aliphatic carbocycles. The van der Waals surface area contributed by atoms with E-state index in [1.807, 2.05) is 29.8 Å². The zero-order valence-electron chi connectivity index (χ0n) is 9.34. The molecule has 0 fully saturated rings. The molecule has 1 amide bonds. The van der Waals surface area contributed by atoms with E-state index < -0.39 is 11.9 Å². The minimum absolute atomic E-state index is 0.393. The van der Waals surface area contributed by atoms with Crippen LogP contribution in [0.1, 0.15) is 21.6 Å². The predicted molar refractivity (Wildman–Crippen MR) is 69.9 cm³/mol. The fourth-order valence-electron chi connectivity index (χ4n) is 1.43. The number of nitrogens with zero attached hydrogens (tertiary/aromatic N) is 1. The molecule has 2 aromatic heterocycles. The van der Waals surface area contributed by atoms with Crippen LogP contribution in [0.25, 0.3) is 0 Å². The van der Waals surface area contributed by atoms with Crippen molar-refractivity contribution in [2.45, 2.75) is 19.5 Å². The lowest BCUT2D eigenvalue weighted by molar-refractivity contribution is -0.120. The summed E-state index contributed by atoms with van der Waals surface area (Å²) in [5, 5.41) is 7.78. The molecule has 2 heterocycles. The van der Waals surface area contributed by atoms with Gasteiger partial charge in [-0.25, -0.2) is 4.98 Å². The SMILES string of the molecule is Cc1csc(C(NCc2cccs2)C(N)=O)n1. The molecule has 0 radical (unpaired) electrons. The molecule has 4 nitrogen and oxygen atoms in total. The van der Waals surface area contributed by atoms with Gasteiger partial charge in [0.1, 0.15) is 11.0 Å². The van der Waals surface area contributed by atoms with E-state index in [2.05, 4.69) is 10.3 Å². The fraction of sp³-hybridized carbons (Fsp3) is 0.273. The van der Waals surface area contributed by atoms with Gasteiger partial charge in [0.05, 0.1) is 0 Å². The van der Waals surface area contributed by atoms with Gasteiger partial charge in [-0.05, 0) is 18.4 Å². The van der Waals surface area contributed by atoms with Crippen LogP contribution in [-0.2, 0) is 11.3 Å². The number of nitrogens with one attached hydrogen (secondary N) is 1. The molecular weight excluding hydrogens is 254 g/mol. The Kier molecular flexibility index (Phi) is 3.88. The maximum absolute atomic E-state index is 11.4. The molecular formula is C11H13N3OS2. The van der Waals surface area contributed by atoms with Crippen LogP contribution < -0.4 is 11.1 Å². The topological polar surface area (TPSA) is 68.0 Å². The number of thiophene rings is 1. The van der Waals surface area contributed by atoms with Crippen LogP contribution in [0.2, 0.25) is 0 Å². The Morgan fingerprint density at radius 2 is 2.41 bits per heavy atom. The van der Waals surface area contributed by atoms with E-state index in [0.717, 1.165) is 10.7 Å². The van der Waals surface area contributed by atoms with Crippen LogP contribution in [0, 0.1) is 6.92 Å². The highest BCUT2D eigenvalue weighted by Crippen LogP contribution is 2.19. The number of hydrogen-bond acceptors (Lipinski definition) is 5. The van der Waals surface area contributed by atoms with Crippen molar-refractivity contribution >= 4 is 28.6 Å².